The van der Waals surface area contributed by atoms with Gasteiger partial charge in [0, 0.05) is 44.2 Å². The molecule has 0 fully saturated rings. The molecule has 0 bridgehead atoms. The van der Waals surface area contributed by atoms with Gasteiger partial charge in [-0.15, -0.1) is 0 Å². The molecular formula is C58H37NO2. The monoisotopic (exact) mass is 779 g/mol. The Morgan fingerprint density at radius 2 is 0.689 bits per heavy atom. The molecule has 0 aliphatic carbocycles. The molecule has 3 heteroatoms. The lowest BCUT2D eigenvalue weighted by Gasteiger charge is -2.26. The Morgan fingerprint density at radius 3 is 1.36 bits per heavy atom. The van der Waals surface area contributed by atoms with Gasteiger partial charge < -0.3 is 13.7 Å². The van der Waals surface area contributed by atoms with E-state index in [1.54, 1.807) is 0 Å². The van der Waals surface area contributed by atoms with Gasteiger partial charge in [0.05, 0.1) is 0 Å². The minimum Gasteiger partial charge on any atom is -0.456 e. The fraction of sp³-hybridized carbons (Fsp3) is 0. The average Bonchev–Trinajstić information content (AvgIpc) is 3.91. The van der Waals surface area contributed by atoms with Crippen LogP contribution in [0, 0.1) is 0 Å². The Hall–Kier alpha value is -8.14. The molecular weight excluding hydrogens is 743 g/mol. The number of hydrogen-bond acceptors (Lipinski definition) is 3. The molecule has 12 aromatic rings. The molecule has 0 N–H and O–H groups in total. The van der Waals surface area contributed by atoms with E-state index < -0.39 is 0 Å². The van der Waals surface area contributed by atoms with Gasteiger partial charge in [-0.3, -0.25) is 0 Å². The molecule has 0 spiro atoms. The molecule has 2 aromatic heterocycles. The van der Waals surface area contributed by atoms with Crippen molar-refractivity contribution < 1.29 is 8.83 Å². The second-order valence-electron chi connectivity index (χ2n) is 15.7. The quantitative estimate of drug-likeness (QED) is 0.161. The molecule has 12 rings (SSSR count). The minimum atomic E-state index is 0.903. The third-order valence-corrected chi connectivity index (χ3v) is 12.1. The first-order chi connectivity index (χ1) is 30.2. The zero-order chi connectivity index (χ0) is 40.3. The average molecular weight is 780 g/mol. The third kappa shape index (κ3) is 6.06. The van der Waals surface area contributed by atoms with Gasteiger partial charge in [-0.05, 0) is 110 Å². The zero-order valence-electron chi connectivity index (χ0n) is 33.1. The van der Waals surface area contributed by atoms with Crippen molar-refractivity contribution >= 4 is 71.7 Å². The molecule has 61 heavy (non-hydrogen) atoms. The Kier molecular flexibility index (Phi) is 8.17. The number of anilines is 3. The van der Waals surface area contributed by atoms with Crippen LogP contribution < -0.4 is 4.90 Å². The van der Waals surface area contributed by atoms with Crippen molar-refractivity contribution in [3.8, 4) is 44.5 Å². The predicted octanol–water partition coefficient (Wildman–Crippen LogP) is 16.8. The molecule has 286 valence electrons. The first-order valence-electron chi connectivity index (χ1n) is 20.7. The largest absolute Gasteiger partial charge is 0.456 e. The third-order valence-electron chi connectivity index (χ3n) is 12.1. The first kappa shape index (κ1) is 34.9. The molecule has 0 unspecified atom stereocenters. The highest BCUT2D eigenvalue weighted by molar-refractivity contribution is 6.10. The number of benzene rings is 10. The smallest absolute Gasteiger partial charge is 0.143 e. The van der Waals surface area contributed by atoms with Gasteiger partial charge in [-0.1, -0.05) is 164 Å². The van der Waals surface area contributed by atoms with Crippen molar-refractivity contribution in [3.63, 3.8) is 0 Å². The van der Waals surface area contributed by atoms with Crippen LogP contribution in [0.25, 0.3) is 99.2 Å². The molecule has 0 atom stereocenters. The number of rotatable bonds is 7. The van der Waals surface area contributed by atoms with Crippen LogP contribution in [0.1, 0.15) is 0 Å². The molecule has 0 aliphatic heterocycles. The lowest BCUT2D eigenvalue weighted by atomic mass is 9.97. The Bertz CT molecular complexity index is 3550. The van der Waals surface area contributed by atoms with Crippen LogP contribution in [0.2, 0.25) is 0 Å². The van der Waals surface area contributed by atoms with Gasteiger partial charge >= 0.3 is 0 Å². The number of furan rings is 2. The lowest BCUT2D eigenvalue weighted by molar-refractivity contribution is 0.669. The molecule has 0 aliphatic rings. The van der Waals surface area contributed by atoms with E-state index in [4.69, 9.17) is 8.83 Å². The summed E-state index contributed by atoms with van der Waals surface area (Å²) >= 11 is 0. The highest BCUT2D eigenvalue weighted by atomic mass is 16.3. The van der Waals surface area contributed by atoms with Crippen LogP contribution in [-0.4, -0.2) is 0 Å². The summed E-state index contributed by atoms with van der Waals surface area (Å²) in [5, 5.41) is 7.03. The van der Waals surface area contributed by atoms with Crippen LogP contribution in [-0.2, 0) is 0 Å². The highest BCUT2D eigenvalue weighted by Gasteiger charge is 2.17. The van der Waals surface area contributed by atoms with Gasteiger partial charge in [0.15, 0.2) is 0 Å². The van der Waals surface area contributed by atoms with Crippen molar-refractivity contribution in [1.82, 2.24) is 0 Å². The van der Waals surface area contributed by atoms with Gasteiger partial charge in [0.2, 0.25) is 0 Å². The highest BCUT2D eigenvalue weighted by Crippen LogP contribution is 2.41. The number of fused-ring (bicyclic) bond motifs is 7. The summed E-state index contributed by atoms with van der Waals surface area (Å²) in [5.41, 5.74) is 16.1. The molecule has 0 amide bonds. The van der Waals surface area contributed by atoms with E-state index in [0.717, 1.165) is 77.6 Å². The Morgan fingerprint density at radius 1 is 0.262 bits per heavy atom. The zero-order valence-corrected chi connectivity index (χ0v) is 33.1. The van der Waals surface area contributed by atoms with E-state index in [2.05, 4.69) is 205 Å². The van der Waals surface area contributed by atoms with Crippen molar-refractivity contribution in [2.24, 2.45) is 0 Å². The number of para-hydroxylation sites is 3. The van der Waals surface area contributed by atoms with Crippen molar-refractivity contribution in [1.29, 1.82) is 0 Å². The van der Waals surface area contributed by atoms with Crippen molar-refractivity contribution in [3.05, 3.63) is 224 Å². The summed E-state index contributed by atoms with van der Waals surface area (Å²) in [7, 11) is 0. The van der Waals surface area contributed by atoms with E-state index in [0.29, 0.717) is 0 Å². The summed E-state index contributed by atoms with van der Waals surface area (Å²) in [5.74, 6) is 0. The van der Waals surface area contributed by atoms with Crippen LogP contribution in [0.3, 0.4) is 0 Å². The molecule has 10 aromatic carbocycles. The van der Waals surface area contributed by atoms with Crippen LogP contribution >= 0.6 is 0 Å². The summed E-state index contributed by atoms with van der Waals surface area (Å²) < 4.78 is 12.5. The van der Waals surface area contributed by atoms with Gasteiger partial charge in [-0.25, -0.2) is 0 Å². The maximum Gasteiger partial charge on any atom is 0.143 e. The van der Waals surface area contributed by atoms with Gasteiger partial charge in [0.25, 0.3) is 0 Å². The fourth-order valence-corrected chi connectivity index (χ4v) is 9.04. The lowest BCUT2D eigenvalue weighted by Crippen LogP contribution is -2.09. The Labute approximate surface area is 353 Å². The standard InChI is InChI=1S/C58H37NO2/c1-2-11-48-41(9-1)10-7-14-49(48)42-25-32-46(33-26-42)59(47-34-27-43(28-35-47)50-15-8-16-53-51-12-3-6-18-56(51)61-58(50)53)45-30-23-39(24-31-45)38-19-21-40(22-20-38)44-29-36-57-54(37-44)52-13-4-5-17-55(52)60-57/h1-37H. The second kappa shape index (κ2) is 14.3. The van der Waals surface area contributed by atoms with Crippen molar-refractivity contribution in [2.45, 2.75) is 0 Å². The van der Waals surface area contributed by atoms with E-state index >= 15 is 0 Å². The summed E-state index contributed by atoms with van der Waals surface area (Å²) in [4.78, 5) is 2.33. The van der Waals surface area contributed by atoms with Crippen molar-refractivity contribution in [2.75, 3.05) is 4.90 Å². The van der Waals surface area contributed by atoms with E-state index in [1.807, 2.05) is 24.3 Å². The van der Waals surface area contributed by atoms with Crippen LogP contribution in [0.15, 0.2) is 233 Å². The number of hydrogen-bond donors (Lipinski definition) is 0. The van der Waals surface area contributed by atoms with E-state index in [1.165, 1.54) is 38.6 Å². The molecule has 0 saturated heterocycles. The van der Waals surface area contributed by atoms with E-state index in [9.17, 15) is 0 Å². The topological polar surface area (TPSA) is 29.5 Å². The van der Waals surface area contributed by atoms with Crippen LogP contribution in [0.5, 0.6) is 0 Å². The normalized spacial score (nSPS) is 11.6. The molecule has 0 saturated carbocycles. The summed E-state index contributed by atoms with van der Waals surface area (Å²) in [6.45, 7) is 0. The minimum absolute atomic E-state index is 0.903. The fourth-order valence-electron chi connectivity index (χ4n) is 9.04. The van der Waals surface area contributed by atoms with E-state index in [-0.39, 0.29) is 0 Å². The molecule has 0 radical (unpaired) electrons. The predicted molar refractivity (Wildman–Crippen MR) is 255 cm³/mol. The summed E-state index contributed by atoms with van der Waals surface area (Å²) in [6, 6.07) is 80.0. The maximum atomic E-state index is 6.42. The van der Waals surface area contributed by atoms with Gasteiger partial charge in [0.1, 0.15) is 22.3 Å². The SMILES string of the molecule is c1ccc2c(-c3ccc(N(c4ccc(-c5ccc(-c6ccc7oc8ccccc8c7c6)cc5)cc4)c4ccc(-c5cccc6c5oc5ccccc56)cc4)cc3)cccc2c1. The van der Waals surface area contributed by atoms with Gasteiger partial charge in [-0.2, -0.15) is 0 Å². The molecule has 2 heterocycles. The summed E-state index contributed by atoms with van der Waals surface area (Å²) in [6.07, 6.45) is 0. The molecule has 3 nitrogen and oxygen atoms in total. The second-order valence-corrected chi connectivity index (χ2v) is 15.7. The maximum absolute atomic E-state index is 6.42. The first-order valence-corrected chi connectivity index (χ1v) is 20.7. The Balaban J connectivity index is 0.892. The van der Waals surface area contributed by atoms with Crippen LogP contribution in [0.4, 0.5) is 17.1 Å². The number of nitrogens with zero attached hydrogens (tertiary/aromatic N) is 1.